The summed E-state index contributed by atoms with van der Waals surface area (Å²) in [6.07, 6.45) is 3.48. The molecule has 0 unspecified atom stereocenters. The monoisotopic (exact) mass is 391 g/mol. The van der Waals surface area contributed by atoms with E-state index in [9.17, 15) is 4.79 Å². The minimum atomic E-state index is -0.374. The van der Waals surface area contributed by atoms with Gasteiger partial charge in [0.25, 0.3) is 0 Å². The van der Waals surface area contributed by atoms with Crippen LogP contribution >= 0.6 is 0 Å². The zero-order valence-electron chi connectivity index (χ0n) is 16.0. The van der Waals surface area contributed by atoms with Crippen LogP contribution < -0.4 is 15.1 Å². The first-order valence-corrected chi connectivity index (χ1v) is 9.29. The van der Waals surface area contributed by atoms with Crippen molar-refractivity contribution in [3.63, 3.8) is 0 Å². The molecule has 29 heavy (non-hydrogen) atoms. The van der Waals surface area contributed by atoms with Crippen LogP contribution in [0.15, 0.2) is 54.9 Å². The largest absolute Gasteiger partial charge is 0.465 e. The van der Waals surface area contributed by atoms with Gasteiger partial charge in [0.15, 0.2) is 5.82 Å². The Morgan fingerprint density at radius 3 is 2.38 bits per heavy atom. The first-order valence-electron chi connectivity index (χ1n) is 9.29. The Kier molecular flexibility index (Phi) is 5.46. The number of rotatable bonds is 5. The van der Waals surface area contributed by atoms with E-state index in [1.807, 2.05) is 24.4 Å². The number of carbonyl (C=O) groups excluding carboxylic acids is 1. The van der Waals surface area contributed by atoms with Crippen molar-refractivity contribution >= 4 is 29.2 Å². The number of hydrogen-bond acceptors (Lipinski definition) is 9. The highest BCUT2D eigenvalue weighted by Crippen LogP contribution is 2.19. The van der Waals surface area contributed by atoms with E-state index in [1.165, 1.54) is 7.11 Å². The summed E-state index contributed by atoms with van der Waals surface area (Å²) in [5, 5.41) is 11.2. The van der Waals surface area contributed by atoms with Gasteiger partial charge in [0.05, 0.1) is 18.9 Å². The van der Waals surface area contributed by atoms with Gasteiger partial charge in [0.2, 0.25) is 5.95 Å². The van der Waals surface area contributed by atoms with E-state index < -0.39 is 0 Å². The van der Waals surface area contributed by atoms with Crippen molar-refractivity contribution in [2.24, 2.45) is 0 Å². The molecule has 9 nitrogen and oxygen atoms in total. The lowest BCUT2D eigenvalue weighted by atomic mass is 10.2. The van der Waals surface area contributed by atoms with E-state index in [4.69, 9.17) is 4.74 Å². The Hall–Kier alpha value is -3.75. The predicted octanol–water partition coefficient (Wildman–Crippen LogP) is 2.12. The number of esters is 1. The molecular formula is C20H21N7O2. The van der Waals surface area contributed by atoms with E-state index in [0.717, 1.165) is 43.5 Å². The van der Waals surface area contributed by atoms with Gasteiger partial charge in [-0.3, -0.25) is 0 Å². The highest BCUT2D eigenvalue weighted by atomic mass is 16.5. The van der Waals surface area contributed by atoms with Gasteiger partial charge in [-0.05, 0) is 36.4 Å². The first-order chi connectivity index (χ1) is 14.2. The number of methoxy groups -OCH3 is 1. The predicted molar refractivity (Wildman–Crippen MR) is 110 cm³/mol. The van der Waals surface area contributed by atoms with E-state index >= 15 is 0 Å². The minimum Gasteiger partial charge on any atom is -0.465 e. The number of hydrogen-bond donors (Lipinski definition) is 1. The molecule has 0 aliphatic carbocycles. The average Bonchev–Trinajstić information content (AvgIpc) is 2.80. The number of benzene rings is 1. The molecule has 1 N–H and O–H groups in total. The number of piperazine rings is 1. The van der Waals surface area contributed by atoms with Crippen LogP contribution in [-0.2, 0) is 4.74 Å². The second-order valence-corrected chi connectivity index (χ2v) is 6.49. The Bertz CT molecular complexity index is 958. The molecule has 1 saturated heterocycles. The fraction of sp³-hybridized carbons (Fsp3) is 0.250. The minimum absolute atomic E-state index is 0.374. The number of nitrogens with one attached hydrogen (secondary N) is 1. The van der Waals surface area contributed by atoms with Gasteiger partial charge in [-0.1, -0.05) is 6.07 Å². The Morgan fingerprint density at radius 2 is 1.72 bits per heavy atom. The number of pyridine rings is 1. The van der Waals surface area contributed by atoms with Gasteiger partial charge in [0.1, 0.15) is 5.82 Å². The molecule has 0 atom stereocenters. The van der Waals surface area contributed by atoms with Crippen molar-refractivity contribution in [2.75, 3.05) is 48.4 Å². The number of aromatic nitrogens is 4. The molecule has 0 radical (unpaired) electrons. The quantitative estimate of drug-likeness (QED) is 0.656. The van der Waals surface area contributed by atoms with Crippen molar-refractivity contribution in [1.82, 2.24) is 20.2 Å². The molecule has 0 amide bonds. The zero-order valence-corrected chi connectivity index (χ0v) is 16.0. The van der Waals surface area contributed by atoms with Crippen molar-refractivity contribution in [2.45, 2.75) is 0 Å². The molecule has 0 spiro atoms. The molecule has 1 aromatic carbocycles. The lowest BCUT2D eigenvalue weighted by molar-refractivity contribution is 0.0601. The van der Waals surface area contributed by atoms with E-state index in [-0.39, 0.29) is 5.97 Å². The molecule has 1 aliphatic rings. The number of nitrogens with zero attached hydrogens (tertiary/aromatic N) is 6. The standard InChI is InChI=1S/C20H21N7O2/c1-29-19(28)15-5-7-16(8-6-15)23-20-24-18(14-22-25-20)27-12-10-26(11-13-27)17-4-2-3-9-21-17/h2-9,14H,10-13H2,1H3,(H,23,24,25). The van der Waals surface area contributed by atoms with Crippen LogP contribution in [-0.4, -0.2) is 59.4 Å². The van der Waals surface area contributed by atoms with Crippen molar-refractivity contribution in [3.8, 4) is 0 Å². The van der Waals surface area contributed by atoms with Gasteiger partial charge in [0, 0.05) is 38.1 Å². The van der Waals surface area contributed by atoms with E-state index in [0.29, 0.717) is 11.5 Å². The van der Waals surface area contributed by atoms with Gasteiger partial charge in [-0.25, -0.2) is 9.78 Å². The molecule has 3 heterocycles. The summed E-state index contributed by atoms with van der Waals surface area (Å²) in [5.74, 6) is 1.79. The lowest BCUT2D eigenvalue weighted by Gasteiger charge is -2.35. The summed E-state index contributed by atoms with van der Waals surface area (Å²) < 4.78 is 4.71. The Labute approximate surface area is 168 Å². The Morgan fingerprint density at radius 1 is 1.00 bits per heavy atom. The molecular weight excluding hydrogens is 370 g/mol. The van der Waals surface area contributed by atoms with Crippen LogP contribution in [0.1, 0.15) is 10.4 Å². The molecule has 0 saturated carbocycles. The third-order valence-corrected chi connectivity index (χ3v) is 4.69. The number of ether oxygens (including phenoxy) is 1. The van der Waals surface area contributed by atoms with Crippen LogP contribution in [0, 0.1) is 0 Å². The van der Waals surface area contributed by atoms with Crippen LogP contribution in [0.2, 0.25) is 0 Å². The first kappa shape index (κ1) is 18.6. The van der Waals surface area contributed by atoms with Gasteiger partial charge < -0.3 is 19.9 Å². The second-order valence-electron chi connectivity index (χ2n) is 6.49. The normalized spacial score (nSPS) is 13.8. The maximum atomic E-state index is 11.5. The number of carbonyl (C=O) groups is 1. The summed E-state index contributed by atoms with van der Waals surface area (Å²) in [7, 11) is 1.36. The number of anilines is 4. The third kappa shape index (κ3) is 4.40. The maximum absolute atomic E-state index is 11.5. The summed E-state index contributed by atoms with van der Waals surface area (Å²) >= 11 is 0. The summed E-state index contributed by atoms with van der Waals surface area (Å²) in [6, 6.07) is 12.9. The summed E-state index contributed by atoms with van der Waals surface area (Å²) in [4.78, 5) is 25.0. The van der Waals surface area contributed by atoms with E-state index in [1.54, 1.807) is 30.5 Å². The molecule has 0 bridgehead atoms. The highest BCUT2D eigenvalue weighted by molar-refractivity contribution is 5.89. The van der Waals surface area contributed by atoms with Crippen LogP contribution in [0.25, 0.3) is 0 Å². The van der Waals surface area contributed by atoms with Crippen LogP contribution in [0.4, 0.5) is 23.3 Å². The van der Waals surface area contributed by atoms with Crippen molar-refractivity contribution < 1.29 is 9.53 Å². The molecule has 2 aromatic heterocycles. The fourth-order valence-corrected chi connectivity index (χ4v) is 3.14. The molecule has 1 aliphatic heterocycles. The van der Waals surface area contributed by atoms with Gasteiger partial charge in [-0.2, -0.15) is 10.1 Å². The highest BCUT2D eigenvalue weighted by Gasteiger charge is 2.19. The van der Waals surface area contributed by atoms with Crippen LogP contribution in [0.5, 0.6) is 0 Å². The Balaban J connectivity index is 1.39. The van der Waals surface area contributed by atoms with Crippen molar-refractivity contribution in [1.29, 1.82) is 0 Å². The molecule has 4 rings (SSSR count). The fourth-order valence-electron chi connectivity index (χ4n) is 3.14. The molecule has 3 aromatic rings. The topological polar surface area (TPSA) is 96.4 Å². The smallest absolute Gasteiger partial charge is 0.337 e. The molecule has 9 heteroatoms. The second kappa shape index (κ2) is 8.51. The van der Waals surface area contributed by atoms with Gasteiger partial charge >= 0.3 is 5.97 Å². The average molecular weight is 391 g/mol. The SMILES string of the molecule is COC(=O)c1ccc(Nc2nncc(N3CCN(c4ccccn4)CC3)n2)cc1. The zero-order chi connectivity index (χ0) is 20.1. The van der Waals surface area contributed by atoms with Crippen LogP contribution in [0.3, 0.4) is 0 Å². The van der Waals surface area contributed by atoms with Gasteiger partial charge in [-0.15, -0.1) is 5.10 Å². The summed E-state index contributed by atoms with van der Waals surface area (Å²) in [6.45, 7) is 3.36. The molecule has 148 valence electrons. The maximum Gasteiger partial charge on any atom is 0.337 e. The molecule has 1 fully saturated rings. The summed E-state index contributed by atoms with van der Waals surface area (Å²) in [5.41, 5.74) is 1.24. The lowest BCUT2D eigenvalue weighted by Crippen LogP contribution is -2.47. The third-order valence-electron chi connectivity index (χ3n) is 4.69. The van der Waals surface area contributed by atoms with E-state index in [2.05, 4.69) is 35.3 Å². The van der Waals surface area contributed by atoms with Crippen molar-refractivity contribution in [3.05, 3.63) is 60.4 Å².